The van der Waals surface area contributed by atoms with Gasteiger partial charge < -0.3 is 5.11 Å². The molecule has 0 fully saturated rings. The van der Waals surface area contributed by atoms with Crippen molar-refractivity contribution in [3.05, 3.63) is 28.3 Å². The van der Waals surface area contributed by atoms with E-state index in [1.165, 1.54) is 64.2 Å². The Kier molecular flexibility index (Phi) is 12.1. The molecule has 0 bridgehead atoms. The molecule has 1 nitrogen and oxygen atoms in total. The quantitative estimate of drug-likeness (QED) is 0.338. The number of hydrogen-bond donors (Lipinski definition) is 1. The molecule has 0 unspecified atom stereocenters. The molecule has 0 amide bonds. The van der Waals surface area contributed by atoms with Gasteiger partial charge in [-0.2, -0.15) is 0 Å². The lowest BCUT2D eigenvalue weighted by atomic mass is 9.98. The maximum absolute atomic E-state index is 10.5. The summed E-state index contributed by atoms with van der Waals surface area (Å²) in [5.74, 6) is 0.501. The van der Waals surface area contributed by atoms with E-state index in [2.05, 4.69) is 13.8 Å². The Bertz CT molecular complexity index is 405. The summed E-state index contributed by atoms with van der Waals surface area (Å²) in [6, 6.07) is 3.90. The number of hydrogen-bond acceptors (Lipinski definition) is 1. The predicted molar refractivity (Wildman–Crippen MR) is 107 cm³/mol. The van der Waals surface area contributed by atoms with E-state index < -0.39 is 0 Å². The highest BCUT2D eigenvalue weighted by molar-refractivity contribution is 6.30. The van der Waals surface area contributed by atoms with Crippen molar-refractivity contribution in [1.82, 2.24) is 0 Å². The average Bonchev–Trinajstić information content (AvgIpc) is 2.57. The van der Waals surface area contributed by atoms with Crippen molar-refractivity contribution in [3.8, 4) is 5.75 Å². The Hall–Kier alpha value is -0.690. The van der Waals surface area contributed by atoms with Gasteiger partial charge in [-0.3, -0.25) is 0 Å². The molecule has 24 heavy (non-hydrogen) atoms. The third-order valence-electron chi connectivity index (χ3n) is 4.83. The zero-order valence-corrected chi connectivity index (χ0v) is 16.6. The molecule has 0 radical (unpaired) electrons. The van der Waals surface area contributed by atoms with Gasteiger partial charge in [0.05, 0.1) is 0 Å². The number of aryl methyl sites for hydroxylation is 2. The zero-order chi connectivity index (χ0) is 17.6. The summed E-state index contributed by atoms with van der Waals surface area (Å²) in [4.78, 5) is 0. The fourth-order valence-corrected chi connectivity index (χ4v) is 3.55. The second-order valence-electron chi connectivity index (χ2n) is 7.11. The largest absolute Gasteiger partial charge is 0.507 e. The molecule has 2 heteroatoms. The normalized spacial score (nSPS) is 11.1. The Balaban J connectivity index is 2.39. The van der Waals surface area contributed by atoms with Gasteiger partial charge in [-0.05, 0) is 48.9 Å². The van der Waals surface area contributed by atoms with Crippen molar-refractivity contribution < 1.29 is 5.11 Å². The van der Waals surface area contributed by atoms with Crippen LogP contribution in [0.1, 0.15) is 102 Å². The van der Waals surface area contributed by atoms with E-state index >= 15 is 0 Å². The van der Waals surface area contributed by atoms with Gasteiger partial charge >= 0.3 is 0 Å². The molecular weight excluding hydrogens is 316 g/mol. The van der Waals surface area contributed by atoms with Crippen LogP contribution < -0.4 is 0 Å². The van der Waals surface area contributed by atoms with Crippen molar-refractivity contribution in [2.24, 2.45) is 0 Å². The molecule has 0 saturated carbocycles. The van der Waals surface area contributed by atoms with E-state index in [9.17, 15) is 5.11 Å². The fourth-order valence-electron chi connectivity index (χ4n) is 3.29. The fraction of sp³-hybridized carbons (Fsp3) is 0.727. The lowest BCUT2D eigenvalue weighted by molar-refractivity contribution is 0.457. The van der Waals surface area contributed by atoms with Crippen molar-refractivity contribution in [2.45, 2.75) is 104 Å². The first-order chi connectivity index (χ1) is 11.7. The molecule has 0 heterocycles. The van der Waals surface area contributed by atoms with Crippen molar-refractivity contribution >= 4 is 11.6 Å². The zero-order valence-electron chi connectivity index (χ0n) is 15.9. The molecule has 0 spiro atoms. The number of benzene rings is 1. The van der Waals surface area contributed by atoms with E-state index in [1.807, 2.05) is 12.1 Å². The number of phenolic OH excluding ortho intramolecular Hbond substituents is 1. The van der Waals surface area contributed by atoms with Gasteiger partial charge in [-0.1, -0.05) is 89.7 Å². The minimum atomic E-state index is 0.501. The van der Waals surface area contributed by atoms with Crippen molar-refractivity contribution in [3.63, 3.8) is 0 Å². The molecule has 0 aromatic heterocycles. The summed E-state index contributed by atoms with van der Waals surface area (Å²) in [6.45, 7) is 4.49. The average molecular weight is 353 g/mol. The molecule has 0 aliphatic carbocycles. The minimum Gasteiger partial charge on any atom is -0.507 e. The maximum Gasteiger partial charge on any atom is 0.122 e. The lowest BCUT2D eigenvalue weighted by Crippen LogP contribution is -1.94. The Morgan fingerprint density at radius 2 is 1.04 bits per heavy atom. The van der Waals surface area contributed by atoms with Crippen LogP contribution in [-0.4, -0.2) is 5.11 Å². The summed E-state index contributed by atoms with van der Waals surface area (Å²) in [6.07, 6.45) is 17.2. The van der Waals surface area contributed by atoms with Gasteiger partial charge in [0.25, 0.3) is 0 Å². The van der Waals surface area contributed by atoms with Crippen LogP contribution in [0.15, 0.2) is 12.1 Å². The predicted octanol–water partition coefficient (Wildman–Crippen LogP) is 7.85. The first-order valence-electron chi connectivity index (χ1n) is 10.2. The van der Waals surface area contributed by atoms with Crippen LogP contribution in [0.5, 0.6) is 5.75 Å². The van der Waals surface area contributed by atoms with E-state index in [4.69, 9.17) is 11.6 Å². The molecule has 1 rings (SSSR count). The van der Waals surface area contributed by atoms with Crippen molar-refractivity contribution in [1.29, 1.82) is 0 Å². The maximum atomic E-state index is 10.5. The van der Waals surface area contributed by atoms with Gasteiger partial charge in [0.1, 0.15) is 5.75 Å². The molecular formula is C22H37ClO. The summed E-state index contributed by atoms with van der Waals surface area (Å²) in [5, 5.41) is 11.3. The monoisotopic (exact) mass is 352 g/mol. The van der Waals surface area contributed by atoms with E-state index in [-0.39, 0.29) is 0 Å². The topological polar surface area (TPSA) is 20.2 Å². The number of rotatable bonds is 14. The summed E-state index contributed by atoms with van der Waals surface area (Å²) >= 11 is 6.27. The van der Waals surface area contributed by atoms with Crippen molar-refractivity contribution in [2.75, 3.05) is 0 Å². The van der Waals surface area contributed by atoms with Crippen LogP contribution in [-0.2, 0) is 12.8 Å². The Morgan fingerprint density at radius 1 is 0.667 bits per heavy atom. The van der Waals surface area contributed by atoms with Gasteiger partial charge in [0, 0.05) is 5.02 Å². The third-order valence-corrected chi connectivity index (χ3v) is 5.05. The van der Waals surface area contributed by atoms with E-state index in [0.717, 1.165) is 41.8 Å². The SMILES string of the molecule is CCCCCCCCc1cc(Cl)cc(CCCCCCCC)c1O. The van der Waals surface area contributed by atoms with Crippen LogP contribution in [0.2, 0.25) is 5.02 Å². The Labute approximate surface area is 154 Å². The first kappa shape index (κ1) is 21.4. The van der Waals surface area contributed by atoms with Gasteiger partial charge in [-0.25, -0.2) is 0 Å². The standard InChI is InChI=1S/C22H37ClO/c1-3-5-7-9-11-13-15-19-17-21(23)18-20(22(19)24)16-14-12-10-8-6-4-2/h17-18,24H,3-16H2,1-2H3. The van der Waals surface area contributed by atoms with Crippen LogP contribution in [0.25, 0.3) is 0 Å². The van der Waals surface area contributed by atoms with Gasteiger partial charge in [0.2, 0.25) is 0 Å². The molecule has 1 aromatic carbocycles. The van der Waals surface area contributed by atoms with Crippen LogP contribution in [0, 0.1) is 0 Å². The summed E-state index contributed by atoms with van der Waals surface area (Å²) in [5.41, 5.74) is 2.08. The molecule has 0 atom stereocenters. The van der Waals surface area contributed by atoms with E-state index in [1.54, 1.807) is 0 Å². The molecule has 1 aromatic rings. The number of halogens is 1. The highest BCUT2D eigenvalue weighted by Gasteiger charge is 2.09. The second kappa shape index (κ2) is 13.6. The summed E-state index contributed by atoms with van der Waals surface area (Å²) < 4.78 is 0. The second-order valence-corrected chi connectivity index (χ2v) is 7.54. The first-order valence-corrected chi connectivity index (χ1v) is 10.6. The molecule has 1 N–H and O–H groups in total. The summed E-state index contributed by atoms with van der Waals surface area (Å²) in [7, 11) is 0. The van der Waals surface area contributed by atoms with Gasteiger partial charge in [-0.15, -0.1) is 0 Å². The molecule has 138 valence electrons. The van der Waals surface area contributed by atoms with E-state index in [0.29, 0.717) is 5.75 Å². The number of unbranched alkanes of at least 4 members (excludes halogenated alkanes) is 10. The Morgan fingerprint density at radius 3 is 1.46 bits per heavy atom. The van der Waals surface area contributed by atoms with Gasteiger partial charge in [0.15, 0.2) is 0 Å². The lowest BCUT2D eigenvalue weighted by Gasteiger charge is -2.11. The number of phenols is 1. The molecule has 0 aliphatic heterocycles. The molecule has 0 aliphatic rings. The highest BCUT2D eigenvalue weighted by atomic mass is 35.5. The van der Waals surface area contributed by atoms with Crippen LogP contribution in [0.3, 0.4) is 0 Å². The molecule has 0 saturated heterocycles. The minimum absolute atomic E-state index is 0.501. The van der Waals surface area contributed by atoms with Crippen LogP contribution >= 0.6 is 11.6 Å². The highest BCUT2D eigenvalue weighted by Crippen LogP contribution is 2.30. The number of aromatic hydroxyl groups is 1. The smallest absolute Gasteiger partial charge is 0.122 e. The third kappa shape index (κ3) is 8.97. The van der Waals surface area contributed by atoms with Crippen LogP contribution in [0.4, 0.5) is 0 Å².